The molecule has 0 heterocycles. The lowest BCUT2D eigenvalue weighted by Gasteiger charge is -2.04. The highest BCUT2D eigenvalue weighted by Crippen LogP contribution is 2.17. The van der Waals surface area contributed by atoms with Crippen LogP contribution in [0.3, 0.4) is 0 Å². The van der Waals surface area contributed by atoms with E-state index in [1.54, 1.807) is 19.2 Å². The molecule has 1 amide bonds. The van der Waals surface area contributed by atoms with Crippen molar-refractivity contribution in [3.63, 3.8) is 0 Å². The van der Waals surface area contributed by atoms with Gasteiger partial charge in [-0.15, -0.1) is 0 Å². The number of aryl methyl sites for hydroxylation is 1. The van der Waals surface area contributed by atoms with Crippen LogP contribution in [0.25, 0.3) is 0 Å². The number of unbranched alkanes of at least 4 members (excludes halogenated alkanes) is 1. The van der Waals surface area contributed by atoms with E-state index >= 15 is 0 Å². The molecular weight excluding hydrogens is 243 g/mol. The number of carbonyl (C=O) groups excluding carboxylic acids is 1. The average Bonchev–Trinajstić information content (AvgIpc) is 2.29. The van der Waals surface area contributed by atoms with E-state index in [9.17, 15) is 9.18 Å². The number of hydrogen-bond donors (Lipinski definition) is 2. The molecular formula is C12H16ClFN2O. The van der Waals surface area contributed by atoms with Gasteiger partial charge in [0, 0.05) is 13.5 Å². The van der Waals surface area contributed by atoms with E-state index in [0.29, 0.717) is 6.42 Å². The van der Waals surface area contributed by atoms with Gasteiger partial charge in [0.2, 0.25) is 5.91 Å². The van der Waals surface area contributed by atoms with E-state index in [4.69, 9.17) is 11.6 Å². The highest BCUT2D eigenvalue weighted by Gasteiger charge is 2.02. The molecule has 0 saturated carbocycles. The molecule has 0 aromatic heterocycles. The van der Waals surface area contributed by atoms with Crippen molar-refractivity contribution in [1.29, 1.82) is 0 Å². The van der Waals surface area contributed by atoms with Gasteiger partial charge in [-0.1, -0.05) is 17.7 Å². The van der Waals surface area contributed by atoms with E-state index in [1.807, 2.05) is 0 Å². The highest BCUT2D eigenvalue weighted by molar-refractivity contribution is 6.30. The van der Waals surface area contributed by atoms with Crippen molar-refractivity contribution in [1.82, 2.24) is 10.9 Å². The van der Waals surface area contributed by atoms with Crippen LogP contribution >= 0.6 is 11.6 Å². The smallest absolute Gasteiger partial charge is 0.234 e. The van der Waals surface area contributed by atoms with Gasteiger partial charge in [0.1, 0.15) is 5.82 Å². The van der Waals surface area contributed by atoms with Crippen molar-refractivity contribution in [2.24, 2.45) is 0 Å². The molecule has 1 aromatic carbocycles. The normalized spacial score (nSPS) is 10.3. The maximum Gasteiger partial charge on any atom is 0.234 e. The van der Waals surface area contributed by atoms with Crippen LogP contribution in [0.2, 0.25) is 5.02 Å². The second-order valence-electron chi connectivity index (χ2n) is 3.75. The molecule has 0 fully saturated rings. The monoisotopic (exact) mass is 258 g/mol. The Balaban J connectivity index is 2.26. The topological polar surface area (TPSA) is 41.1 Å². The van der Waals surface area contributed by atoms with Gasteiger partial charge < -0.3 is 0 Å². The summed E-state index contributed by atoms with van der Waals surface area (Å²) >= 11 is 5.67. The van der Waals surface area contributed by atoms with Crippen molar-refractivity contribution in [3.8, 4) is 0 Å². The summed E-state index contributed by atoms with van der Waals surface area (Å²) in [5.74, 6) is -0.423. The first kappa shape index (κ1) is 13.9. The van der Waals surface area contributed by atoms with Crippen LogP contribution in [0.5, 0.6) is 0 Å². The molecule has 0 bridgehead atoms. The number of nitrogens with one attached hydrogen (secondary N) is 2. The van der Waals surface area contributed by atoms with Crippen LogP contribution in [0, 0.1) is 5.82 Å². The first-order valence-corrected chi connectivity index (χ1v) is 5.91. The molecule has 2 N–H and O–H groups in total. The number of halogens is 2. The van der Waals surface area contributed by atoms with Crippen molar-refractivity contribution >= 4 is 17.5 Å². The summed E-state index contributed by atoms with van der Waals surface area (Å²) in [5.41, 5.74) is 6.07. The minimum Gasteiger partial charge on any atom is -0.292 e. The fourth-order valence-electron chi connectivity index (χ4n) is 1.51. The molecule has 1 rings (SSSR count). The first-order valence-electron chi connectivity index (χ1n) is 5.53. The SMILES string of the molecule is CNNC(=O)CCCCc1ccc(F)c(Cl)c1. The summed E-state index contributed by atoms with van der Waals surface area (Å²) in [4.78, 5) is 11.1. The Bertz CT molecular complexity index is 385. The second kappa shape index (κ2) is 7.25. The molecule has 17 heavy (non-hydrogen) atoms. The predicted octanol–water partition coefficient (Wildman–Crippen LogP) is 2.44. The Hall–Kier alpha value is -1.13. The molecule has 0 saturated heterocycles. The van der Waals surface area contributed by atoms with E-state index in [0.717, 1.165) is 24.8 Å². The van der Waals surface area contributed by atoms with Gasteiger partial charge in [-0.05, 0) is 37.0 Å². The van der Waals surface area contributed by atoms with E-state index in [2.05, 4.69) is 10.9 Å². The zero-order chi connectivity index (χ0) is 12.7. The Kier molecular flexibility index (Phi) is 5.94. The van der Waals surface area contributed by atoms with Crippen LogP contribution in [0.15, 0.2) is 18.2 Å². The average molecular weight is 259 g/mol. The maximum atomic E-state index is 12.9. The lowest BCUT2D eigenvalue weighted by atomic mass is 10.1. The molecule has 94 valence electrons. The third-order valence-electron chi connectivity index (χ3n) is 2.37. The van der Waals surface area contributed by atoms with Gasteiger partial charge in [-0.3, -0.25) is 10.2 Å². The summed E-state index contributed by atoms with van der Waals surface area (Å²) in [6.45, 7) is 0. The van der Waals surface area contributed by atoms with Gasteiger partial charge in [0.05, 0.1) is 5.02 Å². The van der Waals surface area contributed by atoms with Gasteiger partial charge in [0.15, 0.2) is 0 Å². The molecule has 0 aliphatic heterocycles. The molecule has 0 atom stereocenters. The molecule has 3 nitrogen and oxygen atoms in total. The Morgan fingerprint density at radius 1 is 1.41 bits per heavy atom. The Morgan fingerprint density at radius 2 is 2.18 bits per heavy atom. The lowest BCUT2D eigenvalue weighted by Crippen LogP contribution is -2.33. The van der Waals surface area contributed by atoms with E-state index in [-0.39, 0.29) is 10.9 Å². The summed E-state index contributed by atoms with van der Waals surface area (Å²) in [6, 6.07) is 4.71. The standard InChI is InChI=1S/C12H16ClFN2O/c1-15-16-12(17)5-3-2-4-9-6-7-11(14)10(13)8-9/h6-8,15H,2-5H2,1H3,(H,16,17). The molecule has 0 aliphatic carbocycles. The minimum absolute atomic E-state index is 0.0235. The summed E-state index contributed by atoms with van der Waals surface area (Å²) < 4.78 is 12.9. The van der Waals surface area contributed by atoms with Crippen molar-refractivity contribution in [3.05, 3.63) is 34.6 Å². The number of hydrazine groups is 1. The van der Waals surface area contributed by atoms with Gasteiger partial charge in [0.25, 0.3) is 0 Å². The molecule has 0 spiro atoms. The lowest BCUT2D eigenvalue weighted by molar-refractivity contribution is -0.122. The summed E-state index contributed by atoms with van der Waals surface area (Å²) in [5, 5.41) is 0.149. The van der Waals surface area contributed by atoms with Crippen LogP contribution < -0.4 is 10.9 Å². The van der Waals surface area contributed by atoms with Crippen LogP contribution in [0.1, 0.15) is 24.8 Å². The zero-order valence-electron chi connectivity index (χ0n) is 9.72. The molecule has 0 unspecified atom stereocenters. The zero-order valence-corrected chi connectivity index (χ0v) is 10.5. The van der Waals surface area contributed by atoms with Crippen molar-refractivity contribution in [2.75, 3.05) is 7.05 Å². The highest BCUT2D eigenvalue weighted by atomic mass is 35.5. The first-order chi connectivity index (χ1) is 8.13. The Morgan fingerprint density at radius 3 is 2.82 bits per heavy atom. The summed E-state index contributed by atoms with van der Waals surface area (Å²) in [7, 11) is 1.65. The van der Waals surface area contributed by atoms with Gasteiger partial charge in [-0.25, -0.2) is 9.82 Å². The van der Waals surface area contributed by atoms with Crippen molar-refractivity contribution < 1.29 is 9.18 Å². The van der Waals surface area contributed by atoms with Crippen LogP contribution in [0.4, 0.5) is 4.39 Å². The fraction of sp³-hybridized carbons (Fsp3) is 0.417. The van der Waals surface area contributed by atoms with E-state index in [1.165, 1.54) is 6.07 Å². The second-order valence-corrected chi connectivity index (χ2v) is 4.16. The number of benzene rings is 1. The molecule has 1 aromatic rings. The number of carbonyl (C=O) groups is 1. The number of amides is 1. The molecule has 5 heteroatoms. The van der Waals surface area contributed by atoms with Crippen LogP contribution in [-0.2, 0) is 11.2 Å². The minimum atomic E-state index is -0.399. The molecule has 0 radical (unpaired) electrons. The van der Waals surface area contributed by atoms with Gasteiger partial charge in [-0.2, -0.15) is 0 Å². The number of rotatable bonds is 6. The van der Waals surface area contributed by atoms with Gasteiger partial charge >= 0.3 is 0 Å². The molecule has 0 aliphatic rings. The van der Waals surface area contributed by atoms with E-state index < -0.39 is 5.82 Å². The quantitative estimate of drug-likeness (QED) is 0.608. The third-order valence-corrected chi connectivity index (χ3v) is 2.66. The third kappa shape index (κ3) is 5.15. The largest absolute Gasteiger partial charge is 0.292 e. The van der Waals surface area contributed by atoms with Crippen molar-refractivity contribution in [2.45, 2.75) is 25.7 Å². The number of hydrogen-bond acceptors (Lipinski definition) is 2. The maximum absolute atomic E-state index is 12.9. The van der Waals surface area contributed by atoms with Crippen LogP contribution in [-0.4, -0.2) is 13.0 Å². The fourth-order valence-corrected chi connectivity index (χ4v) is 1.71. The summed E-state index contributed by atoms with van der Waals surface area (Å²) in [6.07, 6.45) is 2.95. The Labute approximate surface area is 105 Å². The predicted molar refractivity (Wildman–Crippen MR) is 66.2 cm³/mol.